The van der Waals surface area contributed by atoms with Gasteiger partial charge in [-0.2, -0.15) is 0 Å². The van der Waals surface area contributed by atoms with Crippen molar-refractivity contribution in [3.05, 3.63) is 69.6 Å². The average molecular weight is 419 g/mol. The number of hydrogen-bond donors (Lipinski definition) is 1. The number of nitrogens with zero attached hydrogens (tertiary/aromatic N) is 1. The molecule has 0 spiro atoms. The summed E-state index contributed by atoms with van der Waals surface area (Å²) in [4.78, 5) is 25.6. The van der Waals surface area contributed by atoms with Crippen LogP contribution < -0.4 is 10.1 Å². The molecule has 3 aromatic rings. The highest BCUT2D eigenvalue weighted by molar-refractivity contribution is 7.10. The molecule has 2 heterocycles. The van der Waals surface area contributed by atoms with Crippen molar-refractivity contribution in [2.24, 2.45) is 0 Å². The van der Waals surface area contributed by atoms with Crippen LogP contribution in [0.1, 0.15) is 27.7 Å². The lowest BCUT2D eigenvalue weighted by atomic mass is 10.1. The van der Waals surface area contributed by atoms with E-state index in [1.165, 1.54) is 25.6 Å². The average Bonchev–Trinajstić information content (AvgIpc) is 3.41. The molecule has 8 heteroatoms. The molecule has 1 aromatic carbocycles. The summed E-state index contributed by atoms with van der Waals surface area (Å²) in [6.45, 7) is 0. The van der Waals surface area contributed by atoms with Crippen LogP contribution in [0, 0.1) is 0 Å². The van der Waals surface area contributed by atoms with Crippen LogP contribution in [0.5, 0.6) is 5.75 Å². The minimum Gasteiger partial charge on any atom is -0.496 e. The van der Waals surface area contributed by atoms with Gasteiger partial charge in [-0.1, -0.05) is 17.7 Å². The normalized spacial score (nSPS) is 11.7. The third-order valence-corrected chi connectivity index (χ3v) is 5.48. The predicted octanol–water partition coefficient (Wildman–Crippen LogP) is 4.24. The Morgan fingerprint density at radius 1 is 1.21 bits per heavy atom. The molecule has 1 unspecified atom stereocenters. The number of nitrogens with one attached hydrogen (secondary N) is 1. The van der Waals surface area contributed by atoms with Crippen molar-refractivity contribution in [3.8, 4) is 11.4 Å². The minimum absolute atomic E-state index is 0.0280. The molecule has 0 radical (unpaired) electrons. The van der Waals surface area contributed by atoms with Crippen molar-refractivity contribution >= 4 is 34.8 Å². The SMILES string of the molecule is COC(=O)CC(NC(=O)c1cc(Cl)c(-n2cccc2)cc1OC)c1cccs1. The highest BCUT2D eigenvalue weighted by Crippen LogP contribution is 2.31. The fourth-order valence-electron chi connectivity index (χ4n) is 2.78. The number of ether oxygens (including phenoxy) is 2. The van der Waals surface area contributed by atoms with Gasteiger partial charge in [0.25, 0.3) is 5.91 Å². The fourth-order valence-corrected chi connectivity index (χ4v) is 3.82. The number of aromatic nitrogens is 1. The number of rotatable bonds is 7. The fraction of sp³-hybridized carbons (Fsp3) is 0.200. The number of carbonyl (C=O) groups excluding carboxylic acids is 2. The number of amides is 1. The van der Waals surface area contributed by atoms with Crippen molar-refractivity contribution < 1.29 is 19.1 Å². The van der Waals surface area contributed by atoms with E-state index in [1.807, 2.05) is 46.6 Å². The summed E-state index contributed by atoms with van der Waals surface area (Å²) < 4.78 is 12.0. The van der Waals surface area contributed by atoms with Gasteiger partial charge >= 0.3 is 5.97 Å². The number of methoxy groups -OCH3 is 2. The first-order valence-corrected chi connectivity index (χ1v) is 9.71. The Morgan fingerprint density at radius 3 is 2.57 bits per heavy atom. The van der Waals surface area contributed by atoms with Crippen molar-refractivity contribution in [3.63, 3.8) is 0 Å². The summed E-state index contributed by atoms with van der Waals surface area (Å²) in [6, 6.07) is 10.2. The number of thiophene rings is 1. The van der Waals surface area contributed by atoms with Gasteiger partial charge in [0, 0.05) is 23.3 Å². The standard InChI is InChI=1S/C20H19ClN2O4S/c1-26-17-12-16(23-7-3-4-8-23)14(21)10-13(17)20(25)22-15(11-19(24)27-2)18-6-5-9-28-18/h3-10,12,15H,11H2,1-2H3,(H,22,25). The van der Waals surface area contributed by atoms with Crippen LogP contribution in [0.25, 0.3) is 5.69 Å². The molecule has 146 valence electrons. The Balaban J connectivity index is 1.90. The van der Waals surface area contributed by atoms with Crippen LogP contribution in [-0.2, 0) is 9.53 Å². The molecule has 0 bridgehead atoms. The minimum atomic E-state index is -0.507. The molecule has 0 fully saturated rings. The predicted molar refractivity (Wildman–Crippen MR) is 108 cm³/mol. The molecule has 0 saturated carbocycles. The third kappa shape index (κ3) is 4.37. The van der Waals surface area contributed by atoms with E-state index in [1.54, 1.807) is 12.1 Å². The molecule has 0 saturated heterocycles. The Kier molecular flexibility index (Phi) is 6.38. The van der Waals surface area contributed by atoms with Crippen LogP contribution >= 0.6 is 22.9 Å². The van der Waals surface area contributed by atoms with Crippen LogP contribution in [0.4, 0.5) is 0 Å². The van der Waals surface area contributed by atoms with Gasteiger partial charge in [0.05, 0.1) is 43.0 Å². The van der Waals surface area contributed by atoms with Gasteiger partial charge in [-0.3, -0.25) is 9.59 Å². The van der Waals surface area contributed by atoms with E-state index in [2.05, 4.69) is 5.32 Å². The molecule has 1 amide bonds. The number of carbonyl (C=O) groups is 2. The Hall–Kier alpha value is -2.77. The summed E-state index contributed by atoms with van der Waals surface area (Å²) in [6.07, 6.45) is 3.73. The molecule has 6 nitrogen and oxygen atoms in total. The van der Waals surface area contributed by atoms with Gasteiger partial charge in [0.15, 0.2) is 0 Å². The van der Waals surface area contributed by atoms with E-state index < -0.39 is 12.0 Å². The second kappa shape index (κ2) is 8.95. The number of benzene rings is 1. The number of esters is 1. The Bertz CT molecular complexity index is 955. The highest BCUT2D eigenvalue weighted by Gasteiger charge is 2.23. The lowest BCUT2D eigenvalue weighted by molar-refractivity contribution is -0.141. The first kappa shape index (κ1) is 20.0. The van der Waals surface area contributed by atoms with Gasteiger partial charge in [-0.25, -0.2) is 0 Å². The molecule has 1 atom stereocenters. The third-order valence-electron chi connectivity index (χ3n) is 4.19. The van der Waals surface area contributed by atoms with Gasteiger partial charge in [-0.05, 0) is 29.6 Å². The topological polar surface area (TPSA) is 69.6 Å². The van der Waals surface area contributed by atoms with Crippen LogP contribution in [0.15, 0.2) is 54.2 Å². The summed E-state index contributed by atoms with van der Waals surface area (Å²) >= 11 is 7.86. The zero-order chi connectivity index (χ0) is 20.1. The highest BCUT2D eigenvalue weighted by atomic mass is 35.5. The summed E-state index contributed by atoms with van der Waals surface area (Å²) in [5.74, 6) is -0.416. The summed E-state index contributed by atoms with van der Waals surface area (Å²) in [7, 11) is 2.81. The maximum absolute atomic E-state index is 12.9. The first-order valence-electron chi connectivity index (χ1n) is 8.45. The van der Waals surface area contributed by atoms with Crippen molar-refractivity contribution in [2.45, 2.75) is 12.5 Å². The maximum atomic E-state index is 12.9. The molecule has 1 N–H and O–H groups in total. The van der Waals surface area contributed by atoms with E-state index in [-0.39, 0.29) is 17.9 Å². The molecular formula is C20H19ClN2O4S. The summed E-state index contributed by atoms with van der Waals surface area (Å²) in [5, 5.41) is 5.17. The Morgan fingerprint density at radius 2 is 1.96 bits per heavy atom. The second-order valence-electron chi connectivity index (χ2n) is 5.92. The molecule has 28 heavy (non-hydrogen) atoms. The molecule has 2 aromatic heterocycles. The van der Waals surface area contributed by atoms with E-state index >= 15 is 0 Å². The largest absolute Gasteiger partial charge is 0.496 e. The van der Waals surface area contributed by atoms with E-state index in [0.717, 1.165) is 4.88 Å². The molecular weight excluding hydrogens is 400 g/mol. The quantitative estimate of drug-likeness (QED) is 0.583. The monoisotopic (exact) mass is 418 g/mol. The zero-order valence-electron chi connectivity index (χ0n) is 15.3. The van der Waals surface area contributed by atoms with E-state index in [4.69, 9.17) is 21.1 Å². The van der Waals surface area contributed by atoms with Crippen molar-refractivity contribution in [1.29, 1.82) is 0 Å². The molecule has 0 aliphatic carbocycles. The van der Waals surface area contributed by atoms with Crippen LogP contribution in [-0.4, -0.2) is 30.7 Å². The van der Waals surface area contributed by atoms with Gasteiger partial charge in [0.1, 0.15) is 5.75 Å². The van der Waals surface area contributed by atoms with Crippen molar-refractivity contribution in [1.82, 2.24) is 9.88 Å². The Labute approximate surface area is 171 Å². The molecule has 0 aliphatic rings. The zero-order valence-corrected chi connectivity index (χ0v) is 16.9. The second-order valence-corrected chi connectivity index (χ2v) is 7.30. The van der Waals surface area contributed by atoms with E-state index in [9.17, 15) is 9.59 Å². The van der Waals surface area contributed by atoms with Crippen molar-refractivity contribution in [2.75, 3.05) is 14.2 Å². The molecule has 0 aliphatic heterocycles. The smallest absolute Gasteiger partial charge is 0.307 e. The van der Waals surface area contributed by atoms with Crippen LogP contribution in [0.2, 0.25) is 5.02 Å². The van der Waals surface area contributed by atoms with Crippen LogP contribution in [0.3, 0.4) is 0 Å². The van der Waals surface area contributed by atoms with Gasteiger partial charge in [-0.15, -0.1) is 11.3 Å². The number of hydrogen-bond acceptors (Lipinski definition) is 5. The first-order chi connectivity index (χ1) is 13.5. The lowest BCUT2D eigenvalue weighted by Crippen LogP contribution is -2.30. The lowest BCUT2D eigenvalue weighted by Gasteiger charge is -2.18. The van der Waals surface area contributed by atoms with E-state index in [0.29, 0.717) is 16.5 Å². The van der Waals surface area contributed by atoms with Gasteiger partial charge in [0.2, 0.25) is 0 Å². The maximum Gasteiger partial charge on any atom is 0.307 e. The van der Waals surface area contributed by atoms with Gasteiger partial charge < -0.3 is 19.4 Å². The molecule has 3 rings (SSSR count). The number of halogens is 1. The summed E-state index contributed by atoms with van der Waals surface area (Å²) in [5.41, 5.74) is 0.985.